The van der Waals surface area contributed by atoms with Crippen molar-refractivity contribution in [1.29, 1.82) is 5.41 Å². The van der Waals surface area contributed by atoms with E-state index < -0.39 is 0 Å². The lowest BCUT2D eigenvalue weighted by molar-refractivity contribution is 0.846. The third-order valence-electron chi connectivity index (χ3n) is 8.98. The minimum atomic E-state index is 0.534. The predicted octanol–water partition coefficient (Wildman–Crippen LogP) is 10.4. The molecular formula is C40H27N3S. The molecule has 0 bridgehead atoms. The van der Waals surface area contributed by atoms with Crippen molar-refractivity contribution in [2.45, 2.75) is 0 Å². The van der Waals surface area contributed by atoms with E-state index in [0.29, 0.717) is 5.71 Å². The monoisotopic (exact) mass is 581 g/mol. The fraction of sp³-hybridized carbons (Fsp3) is 0.0250. The Balaban J connectivity index is 1.45. The maximum Gasteiger partial charge on any atom is 0.0897 e. The van der Waals surface area contributed by atoms with E-state index in [-0.39, 0.29) is 0 Å². The first-order valence-electron chi connectivity index (χ1n) is 14.9. The van der Waals surface area contributed by atoms with Gasteiger partial charge in [0.05, 0.1) is 27.1 Å². The van der Waals surface area contributed by atoms with Crippen molar-refractivity contribution in [2.75, 3.05) is 12.1 Å². The largest absolute Gasteiger partial charge is 0.300 e. The molecule has 1 aliphatic carbocycles. The van der Waals surface area contributed by atoms with Gasteiger partial charge in [-0.3, -0.25) is 15.1 Å². The normalized spacial score (nSPS) is 14.2. The van der Waals surface area contributed by atoms with Gasteiger partial charge in [-0.2, -0.15) is 0 Å². The Bertz CT molecular complexity index is 2530. The van der Waals surface area contributed by atoms with Crippen LogP contribution < -0.4 is 5.01 Å². The summed E-state index contributed by atoms with van der Waals surface area (Å²) in [6.07, 6.45) is 4.25. The highest BCUT2D eigenvalue weighted by molar-refractivity contribution is 7.27. The van der Waals surface area contributed by atoms with E-state index in [4.69, 9.17) is 0 Å². The number of nitrogens with one attached hydrogen (secondary N) is 1. The second-order valence-corrected chi connectivity index (χ2v) is 12.4. The van der Waals surface area contributed by atoms with Crippen LogP contribution in [-0.4, -0.2) is 17.4 Å². The van der Waals surface area contributed by atoms with Gasteiger partial charge in [-0.1, -0.05) is 127 Å². The SMILES string of the molecule is CN(/C(=C1/C=Cc2ccccc2C1=N)c1ccccc1)n1c2ccccc2c2c3ccccc3c3c4ccccc4sc3c21. The first kappa shape index (κ1) is 25.1. The summed E-state index contributed by atoms with van der Waals surface area (Å²) in [7, 11) is 2.15. The van der Waals surface area contributed by atoms with Crippen LogP contribution in [0.15, 0.2) is 139 Å². The highest BCUT2D eigenvalue weighted by Gasteiger charge is 2.26. The smallest absolute Gasteiger partial charge is 0.0897 e. The Morgan fingerprint density at radius 1 is 0.636 bits per heavy atom. The molecule has 44 heavy (non-hydrogen) atoms. The minimum absolute atomic E-state index is 0.534. The van der Waals surface area contributed by atoms with E-state index in [0.717, 1.165) is 33.5 Å². The number of allylic oxidation sites excluding steroid dienone is 2. The summed E-state index contributed by atoms with van der Waals surface area (Å²) >= 11 is 1.87. The summed E-state index contributed by atoms with van der Waals surface area (Å²) in [4.78, 5) is 0. The Hall–Kier alpha value is -5.45. The third-order valence-corrected chi connectivity index (χ3v) is 10.2. The van der Waals surface area contributed by atoms with E-state index in [1.54, 1.807) is 0 Å². The fourth-order valence-corrected chi connectivity index (χ4v) is 8.35. The van der Waals surface area contributed by atoms with Gasteiger partial charge in [0.2, 0.25) is 0 Å². The maximum absolute atomic E-state index is 9.42. The molecule has 1 aliphatic rings. The number of nitrogens with zero attached hydrogens (tertiary/aromatic N) is 2. The van der Waals surface area contributed by atoms with Crippen LogP contribution in [0.2, 0.25) is 0 Å². The van der Waals surface area contributed by atoms with Gasteiger partial charge in [0.1, 0.15) is 0 Å². The number of hydrogen-bond acceptors (Lipinski definition) is 3. The summed E-state index contributed by atoms with van der Waals surface area (Å²) in [5, 5.41) is 19.3. The number of para-hydroxylation sites is 1. The van der Waals surface area contributed by atoms with Gasteiger partial charge >= 0.3 is 0 Å². The van der Waals surface area contributed by atoms with Crippen molar-refractivity contribution in [3.63, 3.8) is 0 Å². The van der Waals surface area contributed by atoms with E-state index in [9.17, 15) is 5.41 Å². The lowest BCUT2D eigenvalue weighted by Gasteiger charge is -2.30. The zero-order valence-electron chi connectivity index (χ0n) is 24.1. The molecule has 0 unspecified atom stereocenters. The highest BCUT2D eigenvalue weighted by atomic mass is 32.1. The van der Waals surface area contributed by atoms with Crippen LogP contribution in [0.5, 0.6) is 0 Å². The molecule has 0 atom stereocenters. The van der Waals surface area contributed by atoms with Gasteiger partial charge in [0, 0.05) is 50.0 Å². The Labute approximate surface area is 258 Å². The molecular weight excluding hydrogens is 555 g/mol. The molecule has 0 saturated carbocycles. The molecule has 8 aromatic rings. The van der Waals surface area contributed by atoms with Crippen LogP contribution in [0.4, 0.5) is 0 Å². The Kier molecular flexibility index (Phi) is 5.43. The van der Waals surface area contributed by atoms with Crippen molar-refractivity contribution in [3.05, 3.63) is 156 Å². The number of fused-ring (bicyclic) bond motifs is 11. The quantitative estimate of drug-likeness (QED) is 0.221. The van der Waals surface area contributed by atoms with Gasteiger partial charge < -0.3 is 0 Å². The van der Waals surface area contributed by atoms with E-state index in [1.165, 1.54) is 47.2 Å². The van der Waals surface area contributed by atoms with Gasteiger partial charge in [-0.05, 0) is 28.5 Å². The summed E-state index contributed by atoms with van der Waals surface area (Å²) in [6, 6.07) is 45.1. The number of thiophene rings is 1. The average Bonchev–Trinajstić information content (AvgIpc) is 3.64. The number of aromatic nitrogens is 1. The molecule has 2 heterocycles. The van der Waals surface area contributed by atoms with Crippen LogP contribution in [0.25, 0.3) is 64.5 Å². The highest BCUT2D eigenvalue weighted by Crippen LogP contribution is 2.47. The van der Waals surface area contributed by atoms with Crippen LogP contribution in [0.1, 0.15) is 16.7 Å². The average molecular weight is 582 g/mol. The first-order valence-corrected chi connectivity index (χ1v) is 15.7. The van der Waals surface area contributed by atoms with E-state index in [1.807, 2.05) is 23.5 Å². The molecule has 0 radical (unpaired) electrons. The summed E-state index contributed by atoms with van der Waals surface area (Å²) in [5.74, 6) is 0. The second kappa shape index (κ2) is 9.53. The third kappa shape index (κ3) is 3.46. The molecule has 0 amide bonds. The summed E-state index contributed by atoms with van der Waals surface area (Å²) in [6.45, 7) is 0. The summed E-state index contributed by atoms with van der Waals surface area (Å²) < 4.78 is 4.96. The molecule has 6 aromatic carbocycles. The summed E-state index contributed by atoms with van der Waals surface area (Å²) in [5.41, 5.74) is 7.86. The molecule has 208 valence electrons. The van der Waals surface area contributed by atoms with Crippen molar-refractivity contribution in [3.8, 4) is 0 Å². The molecule has 0 fully saturated rings. The number of rotatable bonds is 3. The van der Waals surface area contributed by atoms with Crippen LogP contribution in [-0.2, 0) is 0 Å². The van der Waals surface area contributed by atoms with Gasteiger partial charge in [0.15, 0.2) is 0 Å². The number of hydrogen-bond donors (Lipinski definition) is 1. The van der Waals surface area contributed by atoms with Gasteiger partial charge in [0.25, 0.3) is 0 Å². The zero-order valence-corrected chi connectivity index (χ0v) is 24.9. The zero-order chi connectivity index (χ0) is 29.4. The maximum atomic E-state index is 9.42. The molecule has 0 aliphatic heterocycles. The molecule has 0 spiro atoms. The Morgan fingerprint density at radius 3 is 2.09 bits per heavy atom. The fourth-order valence-electron chi connectivity index (χ4n) is 7.10. The molecule has 1 N–H and O–H groups in total. The van der Waals surface area contributed by atoms with Gasteiger partial charge in [-0.25, -0.2) is 0 Å². The van der Waals surface area contributed by atoms with Gasteiger partial charge in [-0.15, -0.1) is 11.3 Å². The predicted molar refractivity (Wildman–Crippen MR) is 190 cm³/mol. The van der Waals surface area contributed by atoms with Crippen molar-refractivity contribution in [1.82, 2.24) is 4.68 Å². The minimum Gasteiger partial charge on any atom is -0.300 e. The number of benzene rings is 6. The standard InChI is InChI=1S/C40H27N3S/c1-42(38(26-14-3-2-4-15-26)32-24-23-25-13-5-6-16-27(25)37(32)41)43-33-21-11-9-19-30(33)35-28-17-7-8-18-29(28)36-31-20-10-12-22-34(31)44-40(36)39(35)43/h2-24,41H,1H3/b38-32-,41-37?. The molecule has 9 rings (SSSR count). The van der Waals surface area contributed by atoms with Crippen LogP contribution in [0, 0.1) is 5.41 Å². The molecule has 0 saturated heterocycles. The second-order valence-electron chi connectivity index (χ2n) is 11.3. The van der Waals surface area contributed by atoms with Crippen molar-refractivity contribution < 1.29 is 0 Å². The lowest BCUT2D eigenvalue weighted by Crippen LogP contribution is -2.30. The molecule has 2 aromatic heterocycles. The molecule has 3 nitrogen and oxygen atoms in total. The van der Waals surface area contributed by atoms with Crippen molar-refractivity contribution in [2.24, 2.45) is 0 Å². The molecule has 4 heteroatoms. The van der Waals surface area contributed by atoms with Crippen LogP contribution >= 0.6 is 11.3 Å². The van der Waals surface area contributed by atoms with Crippen molar-refractivity contribution >= 4 is 81.6 Å². The lowest BCUT2D eigenvalue weighted by atomic mass is 9.89. The first-order chi connectivity index (χ1) is 21.7. The van der Waals surface area contributed by atoms with E-state index in [2.05, 4.69) is 144 Å². The van der Waals surface area contributed by atoms with Crippen LogP contribution in [0.3, 0.4) is 0 Å². The van der Waals surface area contributed by atoms with E-state index >= 15 is 0 Å². The topological polar surface area (TPSA) is 32.0 Å². The Morgan fingerprint density at radius 2 is 1.27 bits per heavy atom.